The summed E-state index contributed by atoms with van der Waals surface area (Å²) < 4.78 is 0. The van der Waals surface area contributed by atoms with Crippen LogP contribution in [0.5, 0.6) is 0 Å². The van der Waals surface area contributed by atoms with Crippen molar-refractivity contribution in [3.63, 3.8) is 0 Å². The van der Waals surface area contributed by atoms with E-state index < -0.39 is 12.0 Å². The molecule has 0 aliphatic heterocycles. The van der Waals surface area contributed by atoms with E-state index >= 15 is 0 Å². The number of hydrogen-bond donors (Lipinski definition) is 1. The minimum Gasteiger partial charge on any atom is -0.478 e. The van der Waals surface area contributed by atoms with Crippen LogP contribution in [0.15, 0.2) is 35.6 Å². The number of nitroso groups, excluding NO2 is 1. The van der Waals surface area contributed by atoms with Crippen molar-refractivity contribution in [3.8, 4) is 0 Å². The zero-order valence-electron chi connectivity index (χ0n) is 16.5. The molecule has 2 aromatic rings. The Balaban J connectivity index is 2.13. The van der Waals surface area contributed by atoms with Gasteiger partial charge in [0.25, 0.3) is 0 Å². The quantitative estimate of drug-likeness (QED) is 0.745. The van der Waals surface area contributed by atoms with Crippen molar-refractivity contribution in [2.75, 3.05) is 0 Å². The van der Waals surface area contributed by atoms with Crippen molar-refractivity contribution >= 4 is 5.97 Å². The Hall–Kier alpha value is -2.56. The number of carboxylic acid groups (broad SMARTS) is 1. The lowest BCUT2D eigenvalue weighted by atomic mass is 9.62. The molecule has 142 valence electrons. The van der Waals surface area contributed by atoms with Gasteiger partial charge in [-0.2, -0.15) is 0 Å². The van der Waals surface area contributed by atoms with Gasteiger partial charge in [0, 0.05) is 6.20 Å². The molecule has 1 heterocycles. The smallest absolute Gasteiger partial charge is 0.337 e. The van der Waals surface area contributed by atoms with E-state index in [1.165, 1.54) is 23.4 Å². The van der Waals surface area contributed by atoms with Gasteiger partial charge in [-0.1, -0.05) is 45.0 Å². The molecule has 1 aliphatic rings. The highest BCUT2D eigenvalue weighted by Gasteiger charge is 2.38. The largest absolute Gasteiger partial charge is 0.478 e. The molecule has 0 spiro atoms. The van der Waals surface area contributed by atoms with Crippen LogP contribution in [0, 0.1) is 11.8 Å². The molecule has 0 radical (unpaired) electrons. The second kappa shape index (κ2) is 6.55. The number of aromatic carboxylic acids is 1. The van der Waals surface area contributed by atoms with E-state index in [4.69, 9.17) is 5.11 Å². The number of rotatable bonds is 4. The Kier molecular flexibility index (Phi) is 4.66. The highest BCUT2D eigenvalue weighted by atomic mass is 16.4. The van der Waals surface area contributed by atoms with Crippen molar-refractivity contribution in [2.24, 2.45) is 5.18 Å². The number of aromatic nitrogens is 1. The molecule has 5 heteroatoms. The maximum absolute atomic E-state index is 11.7. The minimum absolute atomic E-state index is 0.0291. The maximum Gasteiger partial charge on any atom is 0.337 e. The van der Waals surface area contributed by atoms with Crippen LogP contribution in [0.4, 0.5) is 0 Å². The Labute approximate surface area is 159 Å². The van der Waals surface area contributed by atoms with E-state index in [2.05, 4.69) is 50.0 Å². The van der Waals surface area contributed by atoms with Gasteiger partial charge in [0.2, 0.25) is 0 Å². The standard InChI is InChI=1S/C22H26N2O3/c1-13-10-16-17(22(4,5)9-8-21(16,2)3)11-15(13)19(24-27)18-7-6-14(12-23-18)20(25)26/h6-7,10-12,19H,8-9H2,1-5H3,(H,25,26). The van der Waals surface area contributed by atoms with Crippen LogP contribution in [0.3, 0.4) is 0 Å². The van der Waals surface area contributed by atoms with Gasteiger partial charge in [0.15, 0.2) is 6.04 Å². The van der Waals surface area contributed by atoms with Gasteiger partial charge in [-0.05, 0) is 65.0 Å². The fourth-order valence-corrected chi connectivity index (χ4v) is 4.00. The molecule has 1 atom stereocenters. The third kappa shape index (κ3) is 3.38. The van der Waals surface area contributed by atoms with Gasteiger partial charge < -0.3 is 5.11 Å². The van der Waals surface area contributed by atoms with Gasteiger partial charge in [-0.3, -0.25) is 4.98 Å². The number of hydrogen-bond acceptors (Lipinski definition) is 4. The Morgan fingerprint density at radius 3 is 2.19 bits per heavy atom. The van der Waals surface area contributed by atoms with Crippen LogP contribution in [0.1, 0.15) is 84.9 Å². The average Bonchev–Trinajstić information content (AvgIpc) is 2.61. The van der Waals surface area contributed by atoms with Crippen LogP contribution >= 0.6 is 0 Å². The molecule has 3 rings (SSSR count). The first-order valence-corrected chi connectivity index (χ1v) is 9.24. The lowest BCUT2D eigenvalue weighted by Gasteiger charge is -2.42. The first-order valence-electron chi connectivity index (χ1n) is 9.24. The summed E-state index contributed by atoms with van der Waals surface area (Å²) in [7, 11) is 0. The van der Waals surface area contributed by atoms with E-state index in [1.807, 2.05) is 6.92 Å². The molecule has 5 nitrogen and oxygen atoms in total. The lowest BCUT2D eigenvalue weighted by molar-refractivity contribution is 0.0696. The first-order chi connectivity index (χ1) is 12.6. The molecule has 0 bridgehead atoms. The summed E-state index contributed by atoms with van der Waals surface area (Å²) in [6.45, 7) is 11.0. The molecule has 1 aromatic heterocycles. The molecule has 0 saturated carbocycles. The van der Waals surface area contributed by atoms with E-state index in [0.717, 1.165) is 24.0 Å². The zero-order chi connectivity index (χ0) is 20.0. The van der Waals surface area contributed by atoms with Crippen LogP contribution in [0.25, 0.3) is 0 Å². The number of fused-ring (bicyclic) bond motifs is 1. The number of aryl methyl sites for hydroxylation is 1. The number of carboxylic acids is 1. The third-order valence-electron chi connectivity index (χ3n) is 5.95. The highest BCUT2D eigenvalue weighted by Crippen LogP contribution is 2.47. The van der Waals surface area contributed by atoms with Crippen LogP contribution in [-0.2, 0) is 10.8 Å². The second-order valence-corrected chi connectivity index (χ2v) is 8.81. The lowest BCUT2D eigenvalue weighted by Crippen LogP contribution is -2.34. The summed E-state index contributed by atoms with van der Waals surface area (Å²) in [6, 6.07) is 6.59. The van der Waals surface area contributed by atoms with Crippen molar-refractivity contribution in [1.82, 2.24) is 4.98 Å². The second-order valence-electron chi connectivity index (χ2n) is 8.81. The molecule has 1 aromatic carbocycles. The summed E-state index contributed by atoms with van der Waals surface area (Å²) in [5.41, 5.74) is 5.12. The fourth-order valence-electron chi connectivity index (χ4n) is 4.00. The Morgan fingerprint density at radius 1 is 1.11 bits per heavy atom. The summed E-state index contributed by atoms with van der Waals surface area (Å²) in [5.74, 6) is -1.04. The molecule has 0 amide bonds. The fraction of sp³-hybridized carbons (Fsp3) is 0.455. The Bertz CT molecular complexity index is 899. The number of benzene rings is 1. The van der Waals surface area contributed by atoms with E-state index in [1.54, 1.807) is 6.07 Å². The first kappa shape index (κ1) is 19.2. The van der Waals surface area contributed by atoms with Crippen LogP contribution in [-0.4, -0.2) is 16.1 Å². The monoisotopic (exact) mass is 366 g/mol. The number of nitrogens with zero attached hydrogens (tertiary/aromatic N) is 2. The molecule has 27 heavy (non-hydrogen) atoms. The molecule has 1 unspecified atom stereocenters. The molecule has 1 N–H and O–H groups in total. The highest BCUT2D eigenvalue weighted by molar-refractivity contribution is 5.87. The molecule has 0 fully saturated rings. The summed E-state index contributed by atoms with van der Waals surface area (Å²) in [4.78, 5) is 27.0. The number of pyridine rings is 1. The summed E-state index contributed by atoms with van der Waals surface area (Å²) in [5, 5.41) is 12.4. The average molecular weight is 366 g/mol. The normalized spacial score (nSPS) is 18.4. The predicted octanol–water partition coefficient (Wildman–Crippen LogP) is 5.29. The van der Waals surface area contributed by atoms with Gasteiger partial charge in [-0.15, -0.1) is 4.91 Å². The van der Waals surface area contributed by atoms with Gasteiger partial charge >= 0.3 is 5.97 Å². The van der Waals surface area contributed by atoms with Crippen molar-refractivity contribution < 1.29 is 9.90 Å². The van der Waals surface area contributed by atoms with Gasteiger partial charge in [0.05, 0.1) is 11.3 Å². The zero-order valence-corrected chi connectivity index (χ0v) is 16.5. The molecule has 1 aliphatic carbocycles. The van der Waals surface area contributed by atoms with Gasteiger partial charge in [-0.25, -0.2) is 4.79 Å². The molecular formula is C22H26N2O3. The maximum atomic E-state index is 11.7. The molecule has 0 saturated heterocycles. The van der Waals surface area contributed by atoms with Crippen LogP contribution < -0.4 is 0 Å². The van der Waals surface area contributed by atoms with Crippen molar-refractivity contribution in [2.45, 2.75) is 64.3 Å². The van der Waals surface area contributed by atoms with Crippen molar-refractivity contribution in [3.05, 3.63) is 68.9 Å². The van der Waals surface area contributed by atoms with E-state index in [9.17, 15) is 9.70 Å². The summed E-state index contributed by atoms with van der Waals surface area (Å²) >= 11 is 0. The Morgan fingerprint density at radius 2 is 1.70 bits per heavy atom. The SMILES string of the molecule is Cc1cc2c(cc1C(N=O)c1ccc(C(=O)O)cn1)C(C)(C)CCC2(C)C. The van der Waals surface area contributed by atoms with Crippen LogP contribution in [0.2, 0.25) is 0 Å². The van der Waals surface area contributed by atoms with E-state index in [0.29, 0.717) is 5.69 Å². The van der Waals surface area contributed by atoms with E-state index in [-0.39, 0.29) is 16.4 Å². The molecular weight excluding hydrogens is 340 g/mol. The predicted molar refractivity (Wildman–Crippen MR) is 105 cm³/mol. The number of carbonyl (C=O) groups is 1. The van der Waals surface area contributed by atoms with Gasteiger partial charge in [0.1, 0.15) is 0 Å². The summed E-state index contributed by atoms with van der Waals surface area (Å²) in [6.07, 6.45) is 3.48. The third-order valence-corrected chi connectivity index (χ3v) is 5.95. The van der Waals surface area contributed by atoms with Crippen molar-refractivity contribution in [1.29, 1.82) is 0 Å². The minimum atomic E-state index is -1.04. The topological polar surface area (TPSA) is 79.6 Å².